The summed E-state index contributed by atoms with van der Waals surface area (Å²) in [5.41, 5.74) is 0.573. The molecule has 0 N–H and O–H groups in total. The molecule has 1 unspecified atom stereocenters. The van der Waals surface area contributed by atoms with Gasteiger partial charge in [0.15, 0.2) is 0 Å². The molecule has 0 aliphatic rings. The standard InChI is InChI=1S/C7H7BrClNO2S/c1-5(13(9,11)12)6-2-7(8)4-10-3-6/h2-5H,1H3. The van der Waals surface area contributed by atoms with Crippen LogP contribution in [0.5, 0.6) is 0 Å². The normalized spacial score (nSPS) is 14.1. The van der Waals surface area contributed by atoms with Crippen LogP contribution in [0.1, 0.15) is 17.7 Å². The van der Waals surface area contributed by atoms with Crippen molar-refractivity contribution in [1.29, 1.82) is 0 Å². The van der Waals surface area contributed by atoms with Gasteiger partial charge in [-0.1, -0.05) is 0 Å². The van der Waals surface area contributed by atoms with Gasteiger partial charge in [-0.2, -0.15) is 0 Å². The molecule has 0 amide bonds. The van der Waals surface area contributed by atoms with Crippen LogP contribution in [0.4, 0.5) is 0 Å². The highest BCUT2D eigenvalue weighted by atomic mass is 79.9. The third kappa shape index (κ3) is 2.93. The van der Waals surface area contributed by atoms with Crippen molar-refractivity contribution < 1.29 is 8.42 Å². The summed E-state index contributed by atoms with van der Waals surface area (Å²) < 4.78 is 22.7. The van der Waals surface area contributed by atoms with Crippen molar-refractivity contribution in [3.63, 3.8) is 0 Å². The Labute approximate surface area is 89.7 Å². The van der Waals surface area contributed by atoms with Crippen molar-refractivity contribution in [2.75, 3.05) is 0 Å². The van der Waals surface area contributed by atoms with Gasteiger partial charge in [-0.15, -0.1) is 0 Å². The number of rotatable bonds is 2. The summed E-state index contributed by atoms with van der Waals surface area (Å²) in [6.45, 7) is 1.52. The van der Waals surface area contributed by atoms with Gasteiger partial charge >= 0.3 is 0 Å². The maximum absolute atomic E-state index is 11.0. The highest BCUT2D eigenvalue weighted by molar-refractivity contribution is 9.10. The Morgan fingerprint density at radius 3 is 2.62 bits per heavy atom. The summed E-state index contributed by atoms with van der Waals surface area (Å²) >= 11 is 3.20. The van der Waals surface area contributed by atoms with Crippen LogP contribution >= 0.6 is 26.6 Å². The fraction of sp³-hybridized carbons (Fsp3) is 0.286. The molecule has 3 nitrogen and oxygen atoms in total. The SMILES string of the molecule is CC(c1cncc(Br)c1)S(=O)(=O)Cl. The molecule has 13 heavy (non-hydrogen) atoms. The minimum Gasteiger partial charge on any atom is -0.263 e. The number of nitrogens with zero attached hydrogens (tertiary/aromatic N) is 1. The van der Waals surface area contributed by atoms with E-state index in [2.05, 4.69) is 20.9 Å². The first-order valence-electron chi connectivity index (χ1n) is 3.45. The lowest BCUT2D eigenvalue weighted by Gasteiger charge is -2.06. The molecule has 1 aromatic rings. The summed E-state index contributed by atoms with van der Waals surface area (Å²) in [6, 6.07) is 1.68. The van der Waals surface area contributed by atoms with Crippen molar-refractivity contribution >= 4 is 35.7 Å². The van der Waals surface area contributed by atoms with E-state index in [1.807, 2.05) is 0 Å². The Morgan fingerprint density at radius 2 is 2.15 bits per heavy atom. The Balaban J connectivity index is 3.10. The molecule has 1 heterocycles. The lowest BCUT2D eigenvalue weighted by molar-refractivity contribution is 0.600. The molecule has 1 atom stereocenters. The zero-order chi connectivity index (χ0) is 10.1. The minimum absolute atomic E-state index is 0.573. The molecule has 0 aliphatic heterocycles. The summed E-state index contributed by atoms with van der Waals surface area (Å²) in [5, 5.41) is -0.737. The van der Waals surface area contributed by atoms with Crippen LogP contribution in [-0.2, 0) is 9.05 Å². The van der Waals surface area contributed by atoms with Crippen molar-refractivity contribution in [2.45, 2.75) is 12.2 Å². The Kier molecular flexibility index (Phi) is 3.32. The average Bonchev–Trinajstić information content (AvgIpc) is 2.01. The molecule has 72 valence electrons. The van der Waals surface area contributed by atoms with E-state index in [1.54, 1.807) is 12.3 Å². The molecule has 1 aromatic heterocycles. The van der Waals surface area contributed by atoms with E-state index >= 15 is 0 Å². The lowest BCUT2D eigenvalue weighted by atomic mass is 10.2. The van der Waals surface area contributed by atoms with Gasteiger partial charge in [0.05, 0.1) is 5.25 Å². The first-order valence-corrected chi connectivity index (χ1v) is 6.61. The first kappa shape index (κ1) is 10.9. The summed E-state index contributed by atoms with van der Waals surface area (Å²) in [7, 11) is 1.64. The number of halogens is 2. The van der Waals surface area contributed by atoms with E-state index in [0.717, 1.165) is 4.47 Å². The Bertz CT molecular complexity index is 407. The van der Waals surface area contributed by atoms with Gasteiger partial charge in [-0.05, 0) is 34.5 Å². The first-order chi connectivity index (χ1) is 5.91. The van der Waals surface area contributed by atoms with Gasteiger partial charge in [0.2, 0.25) is 9.05 Å². The molecule has 0 aromatic carbocycles. The topological polar surface area (TPSA) is 47.0 Å². The quantitative estimate of drug-likeness (QED) is 0.784. The number of hydrogen-bond acceptors (Lipinski definition) is 3. The molecule has 0 saturated heterocycles. The second kappa shape index (κ2) is 3.94. The van der Waals surface area contributed by atoms with Crippen LogP contribution in [0.15, 0.2) is 22.9 Å². The molecule has 0 radical (unpaired) electrons. The van der Waals surface area contributed by atoms with Crippen LogP contribution in [0.3, 0.4) is 0 Å². The van der Waals surface area contributed by atoms with Gasteiger partial charge < -0.3 is 0 Å². The predicted octanol–water partition coefficient (Wildman–Crippen LogP) is 2.47. The maximum atomic E-state index is 11.0. The van der Waals surface area contributed by atoms with Crippen molar-refractivity contribution in [2.24, 2.45) is 0 Å². The second-order valence-corrected chi connectivity index (χ2v) is 6.42. The molecule has 0 aliphatic carbocycles. The fourth-order valence-corrected chi connectivity index (χ4v) is 1.96. The van der Waals surface area contributed by atoms with Crippen molar-refractivity contribution in [1.82, 2.24) is 4.98 Å². The second-order valence-electron chi connectivity index (χ2n) is 2.55. The van der Waals surface area contributed by atoms with Gasteiger partial charge in [0.1, 0.15) is 0 Å². The summed E-state index contributed by atoms with van der Waals surface area (Å²) in [4.78, 5) is 3.85. The van der Waals surface area contributed by atoms with Crippen LogP contribution < -0.4 is 0 Å². The zero-order valence-corrected chi connectivity index (χ0v) is 9.90. The largest absolute Gasteiger partial charge is 0.263 e. The van der Waals surface area contributed by atoms with Crippen molar-refractivity contribution in [3.8, 4) is 0 Å². The molecular weight excluding hydrogens is 278 g/mol. The van der Waals surface area contributed by atoms with Crippen LogP contribution in [0.25, 0.3) is 0 Å². The van der Waals surface area contributed by atoms with E-state index in [4.69, 9.17) is 10.7 Å². The van der Waals surface area contributed by atoms with E-state index in [9.17, 15) is 8.42 Å². The van der Waals surface area contributed by atoms with E-state index in [1.165, 1.54) is 13.1 Å². The molecule has 1 rings (SSSR count). The predicted molar refractivity (Wildman–Crippen MR) is 55.1 cm³/mol. The molecular formula is C7H7BrClNO2S. The van der Waals surface area contributed by atoms with Gasteiger partial charge in [0.25, 0.3) is 0 Å². The zero-order valence-electron chi connectivity index (χ0n) is 6.74. The summed E-state index contributed by atoms with van der Waals surface area (Å²) in [6.07, 6.45) is 3.06. The Hall–Kier alpha value is -0.130. The van der Waals surface area contributed by atoms with E-state index in [-0.39, 0.29) is 0 Å². The molecule has 0 saturated carbocycles. The van der Waals surface area contributed by atoms with Gasteiger partial charge in [0, 0.05) is 27.5 Å². The van der Waals surface area contributed by atoms with E-state index < -0.39 is 14.3 Å². The van der Waals surface area contributed by atoms with Crippen LogP contribution in [0.2, 0.25) is 0 Å². The van der Waals surface area contributed by atoms with Gasteiger partial charge in [-0.25, -0.2) is 8.42 Å². The molecule has 0 bridgehead atoms. The van der Waals surface area contributed by atoms with Gasteiger partial charge in [-0.3, -0.25) is 4.98 Å². The smallest absolute Gasteiger partial charge is 0.239 e. The fourth-order valence-electron chi connectivity index (χ4n) is 0.813. The number of pyridine rings is 1. The average molecular weight is 285 g/mol. The maximum Gasteiger partial charge on any atom is 0.239 e. The molecule has 6 heteroatoms. The van der Waals surface area contributed by atoms with Crippen LogP contribution in [0, 0.1) is 0 Å². The molecule has 0 fully saturated rings. The number of hydrogen-bond donors (Lipinski definition) is 0. The third-order valence-corrected chi connectivity index (χ3v) is 3.97. The highest BCUT2D eigenvalue weighted by Gasteiger charge is 2.19. The minimum atomic E-state index is -3.56. The monoisotopic (exact) mass is 283 g/mol. The lowest BCUT2D eigenvalue weighted by Crippen LogP contribution is -2.03. The van der Waals surface area contributed by atoms with Crippen molar-refractivity contribution in [3.05, 3.63) is 28.5 Å². The molecule has 0 spiro atoms. The highest BCUT2D eigenvalue weighted by Crippen LogP contribution is 2.25. The number of aromatic nitrogens is 1. The van der Waals surface area contributed by atoms with E-state index in [0.29, 0.717) is 5.56 Å². The van der Waals surface area contributed by atoms with Crippen LogP contribution in [-0.4, -0.2) is 13.4 Å². The summed E-state index contributed by atoms with van der Waals surface area (Å²) in [5.74, 6) is 0. The third-order valence-electron chi connectivity index (χ3n) is 1.62. The Morgan fingerprint density at radius 1 is 1.54 bits per heavy atom.